The van der Waals surface area contributed by atoms with Crippen LogP contribution < -0.4 is 0 Å². The van der Waals surface area contributed by atoms with Crippen LogP contribution in [0.4, 0.5) is 0 Å². The molecule has 8 heteroatoms. The monoisotopic (exact) mass is 582 g/mol. The van der Waals surface area contributed by atoms with Crippen LogP contribution in [0.3, 0.4) is 0 Å². The van der Waals surface area contributed by atoms with Crippen molar-refractivity contribution in [1.29, 1.82) is 0 Å². The van der Waals surface area contributed by atoms with E-state index in [-0.39, 0.29) is 12.8 Å². The first kappa shape index (κ1) is 36.9. The molecule has 0 spiro atoms. The van der Waals surface area contributed by atoms with Gasteiger partial charge in [-0.2, -0.15) is 0 Å². The molecule has 0 saturated heterocycles. The zero-order valence-electron chi connectivity index (χ0n) is 25.7. The van der Waals surface area contributed by atoms with E-state index in [9.17, 15) is 19.2 Å². The molecule has 1 aliphatic rings. The zero-order chi connectivity index (χ0) is 30.6. The summed E-state index contributed by atoms with van der Waals surface area (Å²) in [7, 11) is 0. The third-order valence-corrected chi connectivity index (χ3v) is 9.47. The third-order valence-electron chi connectivity index (χ3n) is 9.47. The molecule has 1 fully saturated rings. The molecule has 238 valence electrons. The maximum atomic E-state index is 11.0. The van der Waals surface area contributed by atoms with Crippen molar-refractivity contribution in [1.82, 2.24) is 0 Å². The maximum absolute atomic E-state index is 11.0. The van der Waals surface area contributed by atoms with Crippen molar-refractivity contribution in [2.75, 3.05) is 0 Å². The molecule has 4 atom stereocenters. The molecule has 1 rings (SSSR count). The van der Waals surface area contributed by atoms with Crippen LogP contribution in [0.5, 0.6) is 0 Å². The van der Waals surface area contributed by atoms with E-state index in [1.54, 1.807) is 0 Å². The first-order chi connectivity index (χ1) is 19.6. The van der Waals surface area contributed by atoms with Crippen molar-refractivity contribution in [2.24, 2.45) is 35.5 Å². The summed E-state index contributed by atoms with van der Waals surface area (Å²) in [6.45, 7) is 4.75. The number of unbranched alkanes of at least 4 members (excludes halogenated alkanes) is 12. The average molecular weight is 583 g/mol. The van der Waals surface area contributed by atoms with Gasteiger partial charge in [-0.1, -0.05) is 117 Å². The molecular formula is C33H58O8. The van der Waals surface area contributed by atoms with E-state index in [0.29, 0.717) is 12.8 Å². The normalized spacial score (nSPS) is 20.6. The minimum absolute atomic E-state index is 0.216. The van der Waals surface area contributed by atoms with Gasteiger partial charge in [0, 0.05) is 0 Å². The lowest BCUT2D eigenvalue weighted by Gasteiger charge is -2.26. The highest BCUT2D eigenvalue weighted by atomic mass is 16.4. The summed E-state index contributed by atoms with van der Waals surface area (Å²) in [5.41, 5.74) is 0. The summed E-state index contributed by atoms with van der Waals surface area (Å²) >= 11 is 0. The summed E-state index contributed by atoms with van der Waals surface area (Å²) in [6, 6.07) is 0. The standard InChI is InChI=1S/C33H58O8/c1-3-18-25-23-24(2)26(19-14-10-6-4-8-12-16-21-28(30(34)35)31(36)37)27(25)20-15-11-7-5-9-13-17-22-29(32(38)39)33(40)41/h24-29H,3-23H2,1-2H3,(H,34,35)(H,36,37)(H,38,39)(H,40,41). The molecule has 0 radical (unpaired) electrons. The molecule has 0 bridgehead atoms. The van der Waals surface area contributed by atoms with Crippen LogP contribution in [0.2, 0.25) is 0 Å². The number of rotatable bonds is 26. The fourth-order valence-electron chi connectivity index (χ4n) is 7.18. The van der Waals surface area contributed by atoms with Crippen LogP contribution in [0.25, 0.3) is 0 Å². The van der Waals surface area contributed by atoms with Gasteiger partial charge in [-0.05, 0) is 55.8 Å². The summed E-state index contributed by atoms with van der Waals surface area (Å²) in [5.74, 6) is -4.17. The minimum atomic E-state index is -1.27. The van der Waals surface area contributed by atoms with Crippen LogP contribution in [0, 0.1) is 35.5 Å². The molecule has 4 N–H and O–H groups in total. The second-order valence-corrected chi connectivity index (χ2v) is 12.7. The highest BCUT2D eigenvalue weighted by Crippen LogP contribution is 2.48. The topological polar surface area (TPSA) is 149 Å². The van der Waals surface area contributed by atoms with Gasteiger partial charge in [-0.25, -0.2) is 0 Å². The summed E-state index contributed by atoms with van der Waals surface area (Å²) in [5, 5.41) is 35.8. The van der Waals surface area contributed by atoms with E-state index < -0.39 is 35.7 Å². The van der Waals surface area contributed by atoms with Crippen LogP contribution in [0.15, 0.2) is 0 Å². The molecule has 0 aromatic carbocycles. The number of carboxylic acid groups (broad SMARTS) is 4. The summed E-state index contributed by atoms with van der Waals surface area (Å²) in [6.07, 6.45) is 21.9. The second-order valence-electron chi connectivity index (χ2n) is 12.7. The fraction of sp³-hybridized carbons (Fsp3) is 0.879. The highest BCUT2D eigenvalue weighted by molar-refractivity contribution is 5.93. The molecule has 0 amide bonds. The van der Waals surface area contributed by atoms with Gasteiger partial charge < -0.3 is 20.4 Å². The molecule has 0 aromatic rings. The molecule has 0 heterocycles. The van der Waals surface area contributed by atoms with E-state index >= 15 is 0 Å². The lowest BCUT2D eigenvalue weighted by Crippen LogP contribution is -2.23. The quantitative estimate of drug-likeness (QED) is 0.0588. The van der Waals surface area contributed by atoms with E-state index in [1.165, 1.54) is 70.6 Å². The number of hydrogen-bond acceptors (Lipinski definition) is 4. The molecular weight excluding hydrogens is 524 g/mol. The first-order valence-corrected chi connectivity index (χ1v) is 16.5. The SMILES string of the molecule is CCCC1CC(C)C(CCCCCCCCCC(C(=O)O)C(=O)O)C1CCCCCCCCCC(C(=O)O)C(=O)O. The molecule has 1 saturated carbocycles. The first-order valence-electron chi connectivity index (χ1n) is 16.5. The molecule has 8 nitrogen and oxygen atoms in total. The van der Waals surface area contributed by atoms with E-state index in [0.717, 1.165) is 62.2 Å². The molecule has 41 heavy (non-hydrogen) atoms. The molecule has 0 aliphatic heterocycles. The number of carbonyl (C=O) groups is 4. The Labute approximate surface area is 247 Å². The number of hydrogen-bond donors (Lipinski definition) is 4. The lowest BCUT2D eigenvalue weighted by atomic mass is 9.79. The largest absolute Gasteiger partial charge is 0.481 e. The highest BCUT2D eigenvalue weighted by Gasteiger charge is 2.39. The molecule has 1 aliphatic carbocycles. The van der Waals surface area contributed by atoms with E-state index in [4.69, 9.17) is 20.4 Å². The zero-order valence-corrected chi connectivity index (χ0v) is 25.7. The second kappa shape index (κ2) is 21.6. The van der Waals surface area contributed by atoms with Gasteiger partial charge in [0.2, 0.25) is 0 Å². The fourth-order valence-corrected chi connectivity index (χ4v) is 7.18. The van der Waals surface area contributed by atoms with Crippen molar-refractivity contribution < 1.29 is 39.6 Å². The molecule has 4 unspecified atom stereocenters. The average Bonchev–Trinajstić information content (AvgIpc) is 3.19. The Kier molecular flexibility index (Phi) is 19.4. The summed E-state index contributed by atoms with van der Waals surface area (Å²) in [4.78, 5) is 43.9. The van der Waals surface area contributed by atoms with Crippen LogP contribution in [-0.2, 0) is 19.2 Å². The van der Waals surface area contributed by atoms with Crippen molar-refractivity contribution in [2.45, 2.75) is 149 Å². The van der Waals surface area contributed by atoms with Crippen LogP contribution in [0.1, 0.15) is 149 Å². The number of carboxylic acids is 4. The van der Waals surface area contributed by atoms with Gasteiger partial charge in [0.15, 0.2) is 11.8 Å². The van der Waals surface area contributed by atoms with Crippen molar-refractivity contribution in [3.8, 4) is 0 Å². The van der Waals surface area contributed by atoms with Crippen molar-refractivity contribution >= 4 is 23.9 Å². The number of aliphatic carboxylic acids is 4. The predicted molar refractivity (Wildman–Crippen MR) is 160 cm³/mol. The summed E-state index contributed by atoms with van der Waals surface area (Å²) < 4.78 is 0. The lowest BCUT2D eigenvalue weighted by molar-refractivity contribution is -0.156. The Hall–Kier alpha value is -2.12. The molecule has 0 aromatic heterocycles. The van der Waals surface area contributed by atoms with Gasteiger partial charge in [-0.15, -0.1) is 0 Å². The van der Waals surface area contributed by atoms with Crippen LogP contribution in [-0.4, -0.2) is 44.3 Å². The van der Waals surface area contributed by atoms with Crippen molar-refractivity contribution in [3.05, 3.63) is 0 Å². The van der Waals surface area contributed by atoms with E-state index in [1.807, 2.05) is 0 Å². The Morgan fingerprint density at radius 2 is 0.878 bits per heavy atom. The van der Waals surface area contributed by atoms with Gasteiger partial charge in [0.05, 0.1) is 0 Å². The van der Waals surface area contributed by atoms with E-state index in [2.05, 4.69) is 13.8 Å². The Morgan fingerprint density at radius 1 is 0.537 bits per heavy atom. The van der Waals surface area contributed by atoms with Gasteiger partial charge >= 0.3 is 23.9 Å². The van der Waals surface area contributed by atoms with Gasteiger partial charge in [0.1, 0.15) is 0 Å². The Morgan fingerprint density at radius 3 is 1.24 bits per heavy atom. The maximum Gasteiger partial charge on any atom is 0.317 e. The van der Waals surface area contributed by atoms with Gasteiger partial charge in [-0.3, -0.25) is 19.2 Å². The third kappa shape index (κ3) is 15.1. The smallest absolute Gasteiger partial charge is 0.317 e. The van der Waals surface area contributed by atoms with Crippen LogP contribution >= 0.6 is 0 Å². The minimum Gasteiger partial charge on any atom is -0.481 e. The Bertz CT molecular complexity index is 738. The Balaban J connectivity index is 2.23. The van der Waals surface area contributed by atoms with Crippen molar-refractivity contribution in [3.63, 3.8) is 0 Å². The van der Waals surface area contributed by atoms with Gasteiger partial charge in [0.25, 0.3) is 0 Å². The predicted octanol–water partition coefficient (Wildman–Crippen LogP) is 8.27.